The molecule has 1 unspecified atom stereocenters. The van der Waals surface area contributed by atoms with Crippen LogP contribution in [0.5, 0.6) is 0 Å². The van der Waals surface area contributed by atoms with E-state index in [1.54, 1.807) is 6.08 Å². The number of esters is 3. The van der Waals surface area contributed by atoms with Crippen LogP contribution in [0.3, 0.4) is 0 Å². The lowest BCUT2D eigenvalue weighted by Gasteiger charge is -2.18. The van der Waals surface area contributed by atoms with Gasteiger partial charge in [0.2, 0.25) is 0 Å². The summed E-state index contributed by atoms with van der Waals surface area (Å²) in [6.45, 7) is 6.30. The molecule has 0 bridgehead atoms. The van der Waals surface area contributed by atoms with Crippen LogP contribution >= 0.6 is 0 Å². The highest BCUT2D eigenvalue weighted by Gasteiger charge is 2.19. The van der Waals surface area contributed by atoms with Crippen molar-refractivity contribution >= 4 is 17.9 Å². The van der Waals surface area contributed by atoms with Gasteiger partial charge in [-0.05, 0) is 128 Å². The van der Waals surface area contributed by atoms with Crippen molar-refractivity contribution in [3.63, 3.8) is 0 Å². The van der Waals surface area contributed by atoms with Gasteiger partial charge >= 0.3 is 17.9 Å². The standard InChI is InChI=1S/C75H120O6/c1-4-7-10-13-16-19-22-25-28-30-32-34-36-37-39-40-42-44-47-50-53-56-59-62-65-68-74(77)80-71-72(70-79-73(76)67-64-61-58-55-52-49-46-27-24-21-18-15-12-9-6-3)81-75(78)69-66-63-60-57-54-51-48-45-43-41-38-35-33-31-29-26-23-20-17-14-11-8-5-2/h8-9,11-12,17-18,20-22,25-27,29-30,32-33,35,41,43,46,48,51-52,55,61,64,72H,4-7,10,13-16,19,23-24,28,31,34,36-40,42,44-45,47,49-50,53-54,56-60,62-63,65-71H2,1-3H3/b11-8-,12-9-,20-17-,21-18-,25-22-,29-26-,32-30-,35-33-,43-41-,46-27-,51-48-,55-52-,64-61-. The van der Waals surface area contributed by atoms with Gasteiger partial charge in [0, 0.05) is 12.8 Å². The number of rotatable bonds is 58. The monoisotopic (exact) mass is 1120 g/mol. The number of unbranched alkanes of at least 4 members (excludes halogenated alkanes) is 22. The Morgan fingerprint density at radius 3 is 0.864 bits per heavy atom. The van der Waals surface area contributed by atoms with Gasteiger partial charge in [-0.15, -0.1) is 0 Å². The molecule has 6 heteroatoms. The van der Waals surface area contributed by atoms with Crippen LogP contribution in [-0.2, 0) is 28.6 Å². The SMILES string of the molecule is CC/C=C\C/C=C\C/C=C\C/C=C\C/C=C\C/C=C\CCCCCCC(=O)OC(COC(=O)C/C=C\C/C=C\C/C=C\C/C=C\C/C=C\CC)COC(=O)CCCCCCCCCCCCCCC/C=C\C/C=C\CCCCCCC. The molecule has 0 aliphatic carbocycles. The van der Waals surface area contributed by atoms with Gasteiger partial charge in [0.05, 0.1) is 6.42 Å². The van der Waals surface area contributed by atoms with Crippen molar-refractivity contribution in [2.75, 3.05) is 13.2 Å². The Kier molecular flexibility index (Phi) is 63.4. The van der Waals surface area contributed by atoms with Crippen molar-refractivity contribution in [1.29, 1.82) is 0 Å². The van der Waals surface area contributed by atoms with E-state index in [2.05, 4.69) is 167 Å². The first-order chi connectivity index (χ1) is 40.0. The molecule has 0 heterocycles. The van der Waals surface area contributed by atoms with Crippen LogP contribution in [0.1, 0.15) is 278 Å². The highest BCUT2D eigenvalue weighted by atomic mass is 16.6. The molecule has 0 saturated heterocycles. The third-order valence-corrected chi connectivity index (χ3v) is 13.5. The van der Waals surface area contributed by atoms with Gasteiger partial charge in [0.25, 0.3) is 0 Å². The van der Waals surface area contributed by atoms with Crippen molar-refractivity contribution < 1.29 is 28.6 Å². The maximum absolute atomic E-state index is 12.9. The quantitative estimate of drug-likeness (QED) is 0.0261. The summed E-state index contributed by atoms with van der Waals surface area (Å²) in [5.74, 6) is -1.09. The summed E-state index contributed by atoms with van der Waals surface area (Å²) in [4.78, 5) is 38.3. The second kappa shape index (κ2) is 67.5. The molecule has 0 rings (SSSR count). The molecule has 0 spiro atoms. The number of carbonyl (C=O) groups excluding carboxylic acids is 3. The largest absolute Gasteiger partial charge is 0.462 e. The first-order valence-electron chi connectivity index (χ1n) is 33.0. The summed E-state index contributed by atoms with van der Waals surface area (Å²) in [5, 5.41) is 0. The minimum atomic E-state index is -0.841. The molecule has 0 fully saturated rings. The lowest BCUT2D eigenvalue weighted by molar-refractivity contribution is -0.166. The fourth-order valence-electron chi connectivity index (χ4n) is 8.67. The predicted molar refractivity (Wildman–Crippen MR) is 352 cm³/mol. The summed E-state index contributed by atoms with van der Waals surface area (Å²) < 4.78 is 16.8. The van der Waals surface area contributed by atoms with E-state index in [0.717, 1.165) is 128 Å². The number of allylic oxidation sites excluding steroid dienone is 25. The molecular weight excluding hydrogens is 997 g/mol. The van der Waals surface area contributed by atoms with Crippen molar-refractivity contribution in [2.24, 2.45) is 0 Å². The second-order valence-electron chi connectivity index (χ2n) is 21.3. The maximum atomic E-state index is 12.9. The Balaban J connectivity index is 4.48. The summed E-state index contributed by atoms with van der Waals surface area (Å²) in [6.07, 6.45) is 98.5. The van der Waals surface area contributed by atoms with E-state index in [-0.39, 0.29) is 38.0 Å². The van der Waals surface area contributed by atoms with E-state index in [1.807, 2.05) is 6.08 Å². The Hall–Kier alpha value is -4.97. The topological polar surface area (TPSA) is 78.9 Å². The van der Waals surface area contributed by atoms with Gasteiger partial charge in [-0.3, -0.25) is 14.4 Å². The third-order valence-electron chi connectivity index (χ3n) is 13.5. The van der Waals surface area contributed by atoms with E-state index in [9.17, 15) is 14.4 Å². The maximum Gasteiger partial charge on any atom is 0.309 e. The smallest absolute Gasteiger partial charge is 0.309 e. The lowest BCUT2D eigenvalue weighted by Crippen LogP contribution is -2.30. The van der Waals surface area contributed by atoms with Crippen LogP contribution in [0.15, 0.2) is 158 Å². The molecule has 0 aliphatic heterocycles. The summed E-state index contributed by atoms with van der Waals surface area (Å²) in [5.41, 5.74) is 0. The highest BCUT2D eigenvalue weighted by molar-refractivity contribution is 5.72. The highest BCUT2D eigenvalue weighted by Crippen LogP contribution is 2.15. The van der Waals surface area contributed by atoms with Crippen LogP contribution in [0.4, 0.5) is 0 Å². The molecule has 456 valence electrons. The Bertz CT molecular complexity index is 1810. The van der Waals surface area contributed by atoms with Gasteiger partial charge in [-0.25, -0.2) is 0 Å². The first kappa shape index (κ1) is 76.0. The van der Waals surface area contributed by atoms with Crippen LogP contribution in [0, 0.1) is 0 Å². The van der Waals surface area contributed by atoms with Crippen LogP contribution in [-0.4, -0.2) is 37.2 Å². The van der Waals surface area contributed by atoms with Crippen molar-refractivity contribution in [2.45, 2.75) is 284 Å². The minimum absolute atomic E-state index is 0.114. The van der Waals surface area contributed by atoms with E-state index >= 15 is 0 Å². The molecule has 0 aromatic rings. The Morgan fingerprint density at radius 2 is 0.531 bits per heavy atom. The minimum Gasteiger partial charge on any atom is -0.462 e. The van der Waals surface area contributed by atoms with Gasteiger partial charge in [0.15, 0.2) is 6.10 Å². The molecule has 0 amide bonds. The number of hydrogen-bond acceptors (Lipinski definition) is 6. The molecule has 0 aromatic heterocycles. The number of carbonyl (C=O) groups is 3. The van der Waals surface area contributed by atoms with Gasteiger partial charge in [-0.2, -0.15) is 0 Å². The van der Waals surface area contributed by atoms with Crippen LogP contribution < -0.4 is 0 Å². The van der Waals surface area contributed by atoms with Gasteiger partial charge < -0.3 is 14.2 Å². The van der Waals surface area contributed by atoms with Crippen LogP contribution in [0.2, 0.25) is 0 Å². The van der Waals surface area contributed by atoms with Crippen molar-refractivity contribution in [3.8, 4) is 0 Å². The Morgan fingerprint density at radius 1 is 0.272 bits per heavy atom. The van der Waals surface area contributed by atoms with Gasteiger partial charge in [-0.1, -0.05) is 288 Å². The van der Waals surface area contributed by atoms with Crippen molar-refractivity contribution in [1.82, 2.24) is 0 Å². The molecule has 0 saturated carbocycles. The van der Waals surface area contributed by atoms with E-state index < -0.39 is 12.1 Å². The molecule has 0 N–H and O–H groups in total. The molecule has 6 nitrogen and oxygen atoms in total. The van der Waals surface area contributed by atoms with E-state index in [0.29, 0.717) is 6.42 Å². The summed E-state index contributed by atoms with van der Waals surface area (Å²) in [7, 11) is 0. The van der Waals surface area contributed by atoms with E-state index in [1.165, 1.54) is 109 Å². The zero-order valence-corrected chi connectivity index (χ0v) is 52.2. The molecule has 0 aliphatic rings. The average Bonchev–Trinajstić information content (AvgIpc) is 3.47. The normalized spacial score (nSPS) is 13.2. The third kappa shape index (κ3) is 65.7. The lowest BCUT2D eigenvalue weighted by atomic mass is 10.0. The fraction of sp³-hybridized carbons (Fsp3) is 0.613. The molecule has 0 radical (unpaired) electrons. The Labute approximate surface area is 499 Å². The number of hydrogen-bond donors (Lipinski definition) is 0. The molecule has 1 atom stereocenters. The zero-order chi connectivity index (χ0) is 58.5. The van der Waals surface area contributed by atoms with Crippen molar-refractivity contribution in [3.05, 3.63) is 158 Å². The summed E-state index contributed by atoms with van der Waals surface area (Å²) >= 11 is 0. The average molecular weight is 1120 g/mol. The van der Waals surface area contributed by atoms with E-state index in [4.69, 9.17) is 14.2 Å². The summed E-state index contributed by atoms with van der Waals surface area (Å²) in [6, 6.07) is 0. The first-order valence-corrected chi connectivity index (χ1v) is 33.0. The predicted octanol–water partition coefficient (Wildman–Crippen LogP) is 22.9. The molecule has 0 aromatic carbocycles. The second-order valence-corrected chi connectivity index (χ2v) is 21.3. The molecule has 81 heavy (non-hydrogen) atoms. The van der Waals surface area contributed by atoms with Crippen LogP contribution in [0.25, 0.3) is 0 Å². The van der Waals surface area contributed by atoms with Gasteiger partial charge in [0.1, 0.15) is 13.2 Å². The number of ether oxygens (including phenoxy) is 3. The fourth-order valence-corrected chi connectivity index (χ4v) is 8.67. The molecular formula is C75H120O6. The zero-order valence-electron chi connectivity index (χ0n) is 52.2.